The third kappa shape index (κ3) is 5.70. The number of aliphatic carboxylic acids is 1. The van der Waals surface area contributed by atoms with E-state index < -0.39 is 28.4 Å². The summed E-state index contributed by atoms with van der Waals surface area (Å²) in [5, 5.41) is 12.1. The van der Waals surface area contributed by atoms with E-state index in [4.69, 9.17) is 16.7 Å². The predicted octanol–water partition coefficient (Wildman–Crippen LogP) is 2.98. The maximum absolute atomic E-state index is 12.3. The van der Waals surface area contributed by atoms with E-state index in [0.717, 1.165) is 0 Å². The van der Waals surface area contributed by atoms with Crippen molar-refractivity contribution in [3.63, 3.8) is 0 Å². The highest BCUT2D eigenvalue weighted by Crippen LogP contribution is 2.21. The van der Waals surface area contributed by atoms with Gasteiger partial charge in [-0.15, -0.1) is 4.36 Å². The normalized spacial score (nSPS) is 11.4. The summed E-state index contributed by atoms with van der Waals surface area (Å²) in [6, 6.07) is 11.3. The summed E-state index contributed by atoms with van der Waals surface area (Å²) in [6.07, 6.45) is -0.311. The van der Waals surface area contributed by atoms with Gasteiger partial charge in [-0.3, -0.25) is 9.59 Å². The van der Waals surface area contributed by atoms with Gasteiger partial charge in [0, 0.05) is 10.6 Å². The number of hydrogen-bond donors (Lipinski definition) is 2. The molecular weight excluding hydrogens is 368 g/mol. The molecule has 0 aromatic heterocycles. The number of carboxylic acid groups (broad SMARTS) is 1. The maximum Gasteiger partial charge on any atom is 0.316 e. The van der Waals surface area contributed by atoms with Gasteiger partial charge in [-0.1, -0.05) is 23.7 Å². The highest BCUT2D eigenvalue weighted by Gasteiger charge is 2.19. The number of rotatable bonds is 6. The molecule has 0 radical (unpaired) electrons. The van der Waals surface area contributed by atoms with Crippen LogP contribution in [0.3, 0.4) is 0 Å². The zero-order chi connectivity index (χ0) is 18.4. The van der Waals surface area contributed by atoms with Gasteiger partial charge in [0.1, 0.15) is 0 Å². The first-order valence-corrected chi connectivity index (χ1v) is 8.45. The molecule has 7 nitrogen and oxygen atoms in total. The lowest BCUT2D eigenvalue weighted by Crippen LogP contribution is -2.30. The van der Waals surface area contributed by atoms with Gasteiger partial charge >= 0.3 is 16.5 Å². The van der Waals surface area contributed by atoms with Crippen LogP contribution in [0.1, 0.15) is 28.4 Å². The van der Waals surface area contributed by atoms with Crippen LogP contribution in [0.25, 0.3) is 0 Å². The van der Waals surface area contributed by atoms with Gasteiger partial charge in [0.05, 0.1) is 18.2 Å². The van der Waals surface area contributed by atoms with Crippen molar-refractivity contribution in [3.8, 4) is 0 Å². The molecule has 9 heteroatoms. The van der Waals surface area contributed by atoms with Crippen molar-refractivity contribution in [1.82, 2.24) is 5.32 Å². The van der Waals surface area contributed by atoms with Crippen molar-refractivity contribution in [2.45, 2.75) is 12.5 Å². The quantitative estimate of drug-likeness (QED) is 0.799. The van der Waals surface area contributed by atoms with E-state index in [-0.39, 0.29) is 17.7 Å². The number of amides is 1. The van der Waals surface area contributed by atoms with Crippen molar-refractivity contribution in [3.05, 3.63) is 64.7 Å². The molecule has 1 atom stereocenters. The number of benzene rings is 2. The fourth-order valence-corrected chi connectivity index (χ4v) is 2.64. The molecule has 0 aliphatic heterocycles. The predicted molar refractivity (Wildman–Crippen MR) is 91.4 cm³/mol. The largest absolute Gasteiger partial charge is 0.481 e. The molecule has 0 spiro atoms. The molecule has 2 aromatic rings. The van der Waals surface area contributed by atoms with Crippen LogP contribution in [0.5, 0.6) is 0 Å². The Hall–Kier alpha value is -2.71. The van der Waals surface area contributed by atoms with Crippen LogP contribution >= 0.6 is 11.6 Å². The van der Waals surface area contributed by atoms with Crippen molar-refractivity contribution < 1.29 is 23.1 Å². The molecule has 2 rings (SSSR count). The Kier molecular flexibility index (Phi) is 6.26. The van der Waals surface area contributed by atoms with E-state index in [1.165, 1.54) is 24.3 Å². The van der Waals surface area contributed by atoms with Gasteiger partial charge in [-0.2, -0.15) is 8.42 Å². The first-order valence-electron chi connectivity index (χ1n) is 7.04. The van der Waals surface area contributed by atoms with E-state index in [9.17, 15) is 18.0 Å². The number of carboxylic acids is 1. The summed E-state index contributed by atoms with van der Waals surface area (Å²) in [4.78, 5) is 23.4. The van der Waals surface area contributed by atoms with Gasteiger partial charge in [0.25, 0.3) is 5.91 Å². The fraction of sp³-hybridized carbons (Fsp3) is 0.125. The van der Waals surface area contributed by atoms with Gasteiger partial charge in [0.2, 0.25) is 0 Å². The van der Waals surface area contributed by atoms with E-state index in [1.54, 1.807) is 24.3 Å². The lowest BCUT2D eigenvalue weighted by molar-refractivity contribution is -0.137. The smallest absolute Gasteiger partial charge is 0.316 e. The summed E-state index contributed by atoms with van der Waals surface area (Å²) < 4.78 is 24.3. The summed E-state index contributed by atoms with van der Waals surface area (Å²) >= 11 is 5.92. The molecule has 2 N–H and O–H groups in total. The summed E-state index contributed by atoms with van der Waals surface area (Å²) in [5.74, 6) is -1.57. The van der Waals surface area contributed by atoms with Gasteiger partial charge in [-0.25, -0.2) is 0 Å². The van der Waals surface area contributed by atoms with Crippen molar-refractivity contribution >= 4 is 39.7 Å². The highest BCUT2D eigenvalue weighted by molar-refractivity contribution is 7.61. The number of hydrogen-bond acceptors (Lipinski definition) is 5. The molecular formula is C16H13ClN2O5S. The van der Waals surface area contributed by atoms with Crippen LogP contribution in [-0.4, -0.2) is 25.4 Å². The highest BCUT2D eigenvalue weighted by atomic mass is 35.5. The first kappa shape index (κ1) is 18.6. The number of nitrogens with zero attached hydrogens (tertiary/aromatic N) is 1. The monoisotopic (exact) mass is 380 g/mol. The Morgan fingerprint density at radius 1 is 1.16 bits per heavy atom. The third-order valence-corrected chi connectivity index (χ3v) is 3.84. The van der Waals surface area contributed by atoms with Crippen LogP contribution in [0.15, 0.2) is 52.9 Å². The minimum atomic E-state index is -2.58. The minimum absolute atomic E-state index is 0.182. The van der Waals surface area contributed by atoms with Crippen molar-refractivity contribution in [2.24, 2.45) is 4.36 Å². The Balaban J connectivity index is 2.21. The van der Waals surface area contributed by atoms with E-state index in [1.807, 2.05) is 0 Å². The van der Waals surface area contributed by atoms with E-state index >= 15 is 0 Å². The second kappa shape index (κ2) is 8.41. The molecule has 0 aliphatic rings. The SMILES string of the molecule is O=C(O)CC(NC(=O)c1ccc(N=S(=O)=O)cc1)c1cccc(Cl)c1. The molecule has 0 heterocycles. The molecule has 1 unspecified atom stereocenters. The lowest BCUT2D eigenvalue weighted by atomic mass is 10.0. The molecule has 0 saturated carbocycles. The molecule has 130 valence electrons. The molecule has 0 bridgehead atoms. The standard InChI is InChI=1S/C16H13ClN2O5S/c17-12-3-1-2-11(8-12)14(9-15(20)21)18-16(22)10-4-6-13(7-5-10)19-25(23)24/h1-8,14H,9H2,(H,18,22)(H,20,21). The average Bonchev–Trinajstić information content (AvgIpc) is 2.54. The van der Waals surface area contributed by atoms with Crippen molar-refractivity contribution in [2.75, 3.05) is 0 Å². The van der Waals surface area contributed by atoms with Crippen LogP contribution < -0.4 is 5.32 Å². The van der Waals surface area contributed by atoms with Crippen LogP contribution in [0.2, 0.25) is 5.02 Å². The van der Waals surface area contributed by atoms with Crippen LogP contribution in [-0.2, 0) is 15.3 Å². The molecule has 0 aliphatic carbocycles. The first-order chi connectivity index (χ1) is 11.8. The van der Waals surface area contributed by atoms with Crippen LogP contribution in [0.4, 0.5) is 5.69 Å². The summed E-state index contributed by atoms with van der Waals surface area (Å²) in [7, 11) is -2.58. The molecule has 2 aromatic carbocycles. The lowest BCUT2D eigenvalue weighted by Gasteiger charge is -2.18. The Morgan fingerprint density at radius 3 is 2.40 bits per heavy atom. The number of carbonyl (C=O) groups excluding carboxylic acids is 1. The fourth-order valence-electron chi connectivity index (χ4n) is 2.15. The average molecular weight is 381 g/mol. The van der Waals surface area contributed by atoms with Gasteiger partial charge in [-0.05, 0) is 42.0 Å². The topological polar surface area (TPSA) is 113 Å². The second-order valence-electron chi connectivity index (χ2n) is 5.03. The Bertz CT molecular complexity index is 918. The van der Waals surface area contributed by atoms with Crippen molar-refractivity contribution in [1.29, 1.82) is 0 Å². The molecule has 1 amide bonds. The molecule has 0 saturated heterocycles. The zero-order valence-electron chi connectivity index (χ0n) is 12.7. The van der Waals surface area contributed by atoms with E-state index in [2.05, 4.69) is 9.68 Å². The summed E-state index contributed by atoms with van der Waals surface area (Å²) in [6.45, 7) is 0. The van der Waals surface area contributed by atoms with Crippen LogP contribution in [0, 0.1) is 0 Å². The number of carbonyl (C=O) groups is 2. The second-order valence-corrected chi connectivity index (χ2v) is 6.09. The minimum Gasteiger partial charge on any atom is -0.481 e. The molecule has 25 heavy (non-hydrogen) atoms. The summed E-state index contributed by atoms with van der Waals surface area (Å²) in [5.41, 5.74) is 0.992. The third-order valence-electron chi connectivity index (χ3n) is 3.24. The Labute approximate surface area is 150 Å². The number of nitrogens with one attached hydrogen (secondary N) is 1. The Morgan fingerprint density at radius 2 is 1.84 bits per heavy atom. The number of halogens is 1. The van der Waals surface area contributed by atoms with E-state index in [0.29, 0.717) is 10.6 Å². The molecule has 0 fully saturated rings. The maximum atomic E-state index is 12.3. The zero-order valence-corrected chi connectivity index (χ0v) is 14.3. The van der Waals surface area contributed by atoms with Gasteiger partial charge < -0.3 is 10.4 Å². The van der Waals surface area contributed by atoms with Gasteiger partial charge in [0.15, 0.2) is 0 Å².